The van der Waals surface area contributed by atoms with Crippen molar-refractivity contribution in [3.63, 3.8) is 0 Å². The smallest absolute Gasteiger partial charge is 0.141 e. The average Bonchev–Trinajstić information content (AvgIpc) is 2.45. The highest BCUT2D eigenvalue weighted by atomic mass is 19.1. The zero-order chi connectivity index (χ0) is 14.4. The molecule has 0 saturated heterocycles. The molecule has 0 aromatic carbocycles. The molecule has 2 nitrogen and oxygen atoms in total. The summed E-state index contributed by atoms with van der Waals surface area (Å²) in [6, 6.07) is 3.21. The van der Waals surface area contributed by atoms with Crippen molar-refractivity contribution in [2.45, 2.75) is 39.0 Å². The van der Waals surface area contributed by atoms with Crippen molar-refractivity contribution in [3.05, 3.63) is 24.1 Å². The minimum absolute atomic E-state index is 0.269. The quantitative estimate of drug-likeness (QED) is 0.891. The number of halogens is 1. The molecule has 1 aromatic heterocycles. The molecule has 5 rings (SSSR count). The summed E-state index contributed by atoms with van der Waals surface area (Å²) in [5.74, 6) is 6.14. The van der Waals surface area contributed by atoms with E-state index < -0.39 is 0 Å². The number of nitrogens with one attached hydrogen (secondary N) is 1. The summed E-state index contributed by atoms with van der Waals surface area (Å²) in [6.45, 7) is 3.36. The lowest BCUT2D eigenvalue weighted by Gasteiger charge is -2.56. The van der Waals surface area contributed by atoms with E-state index in [0.717, 1.165) is 42.0 Å². The van der Waals surface area contributed by atoms with Gasteiger partial charge in [0.25, 0.3) is 0 Å². The molecule has 0 amide bonds. The van der Waals surface area contributed by atoms with E-state index in [-0.39, 0.29) is 5.82 Å². The lowest BCUT2D eigenvalue weighted by Crippen LogP contribution is -2.48. The maximum Gasteiger partial charge on any atom is 0.141 e. The molecule has 0 spiro atoms. The van der Waals surface area contributed by atoms with E-state index in [1.165, 1.54) is 44.4 Å². The molecule has 1 unspecified atom stereocenters. The van der Waals surface area contributed by atoms with Gasteiger partial charge in [0, 0.05) is 6.54 Å². The van der Waals surface area contributed by atoms with Crippen molar-refractivity contribution in [1.29, 1.82) is 0 Å². The zero-order valence-corrected chi connectivity index (χ0v) is 12.8. The third kappa shape index (κ3) is 2.56. The third-order valence-corrected chi connectivity index (χ3v) is 6.29. The fourth-order valence-corrected chi connectivity index (χ4v) is 5.78. The number of hydrogen-bond acceptors (Lipinski definition) is 2. The summed E-state index contributed by atoms with van der Waals surface area (Å²) in [5, 5.41) is 3.40. The Bertz CT molecular complexity index is 470. The van der Waals surface area contributed by atoms with Crippen LogP contribution < -0.4 is 5.32 Å². The second-order valence-corrected chi connectivity index (χ2v) is 7.73. The second-order valence-electron chi connectivity index (χ2n) is 7.73. The van der Waals surface area contributed by atoms with Crippen LogP contribution in [0.3, 0.4) is 0 Å². The van der Waals surface area contributed by atoms with Crippen LogP contribution in [0.2, 0.25) is 0 Å². The van der Waals surface area contributed by atoms with Gasteiger partial charge in [-0.2, -0.15) is 0 Å². The van der Waals surface area contributed by atoms with E-state index in [2.05, 4.69) is 17.2 Å². The Morgan fingerprint density at radius 2 is 1.81 bits per heavy atom. The SMILES string of the molecule is CC(CNc1ccc(F)cn1)C1C2CC3CC(C2)CC1C3. The van der Waals surface area contributed by atoms with Gasteiger partial charge in [0.2, 0.25) is 0 Å². The molecule has 4 fully saturated rings. The van der Waals surface area contributed by atoms with Gasteiger partial charge in [0.05, 0.1) is 6.20 Å². The summed E-state index contributed by atoms with van der Waals surface area (Å²) in [6.07, 6.45) is 8.74. The molecule has 114 valence electrons. The fraction of sp³-hybridized carbons (Fsp3) is 0.722. The largest absolute Gasteiger partial charge is 0.370 e. The zero-order valence-electron chi connectivity index (χ0n) is 12.8. The van der Waals surface area contributed by atoms with Crippen LogP contribution in [-0.4, -0.2) is 11.5 Å². The molecule has 0 aliphatic heterocycles. The van der Waals surface area contributed by atoms with Gasteiger partial charge >= 0.3 is 0 Å². The first-order valence-electron chi connectivity index (χ1n) is 8.54. The third-order valence-electron chi connectivity index (χ3n) is 6.29. The van der Waals surface area contributed by atoms with Gasteiger partial charge in [-0.3, -0.25) is 0 Å². The monoisotopic (exact) mass is 288 g/mol. The predicted octanol–water partition coefficient (Wildman–Crippen LogP) is 4.34. The van der Waals surface area contributed by atoms with Crippen molar-refractivity contribution in [3.8, 4) is 0 Å². The van der Waals surface area contributed by atoms with Gasteiger partial charge in [-0.25, -0.2) is 9.37 Å². The first-order chi connectivity index (χ1) is 10.2. The Labute approximate surface area is 126 Å². The van der Waals surface area contributed by atoms with Gasteiger partial charge in [-0.05, 0) is 79.7 Å². The van der Waals surface area contributed by atoms with E-state index in [1.807, 2.05) is 0 Å². The fourth-order valence-electron chi connectivity index (χ4n) is 5.78. The van der Waals surface area contributed by atoms with Crippen molar-refractivity contribution < 1.29 is 4.39 Å². The van der Waals surface area contributed by atoms with Crippen LogP contribution in [0, 0.1) is 41.3 Å². The second kappa shape index (κ2) is 5.26. The predicted molar refractivity (Wildman–Crippen MR) is 82.4 cm³/mol. The molecule has 1 aromatic rings. The van der Waals surface area contributed by atoms with Crippen LogP contribution in [0.15, 0.2) is 18.3 Å². The molecule has 1 atom stereocenters. The highest BCUT2D eigenvalue weighted by molar-refractivity contribution is 5.33. The molecule has 1 heterocycles. The molecule has 4 aliphatic carbocycles. The number of hydrogen-bond donors (Lipinski definition) is 1. The first-order valence-corrected chi connectivity index (χ1v) is 8.54. The van der Waals surface area contributed by atoms with Crippen molar-refractivity contribution in [1.82, 2.24) is 4.98 Å². The highest BCUT2D eigenvalue weighted by Gasteiger charge is 2.49. The van der Waals surface area contributed by atoms with Crippen molar-refractivity contribution >= 4 is 5.82 Å². The maximum atomic E-state index is 12.9. The minimum Gasteiger partial charge on any atom is -0.370 e. The van der Waals surface area contributed by atoms with Gasteiger partial charge in [-0.1, -0.05) is 6.92 Å². The summed E-state index contributed by atoms with van der Waals surface area (Å²) in [5.41, 5.74) is 0. The molecule has 4 saturated carbocycles. The topological polar surface area (TPSA) is 24.9 Å². The summed E-state index contributed by atoms with van der Waals surface area (Å²) >= 11 is 0. The van der Waals surface area contributed by atoms with E-state index in [1.54, 1.807) is 6.07 Å². The molecule has 1 N–H and O–H groups in total. The van der Waals surface area contributed by atoms with Crippen molar-refractivity contribution in [2.75, 3.05) is 11.9 Å². The Hall–Kier alpha value is -1.12. The van der Waals surface area contributed by atoms with Crippen LogP contribution in [0.5, 0.6) is 0 Å². The molecular weight excluding hydrogens is 263 g/mol. The molecule has 3 heteroatoms. The number of aromatic nitrogens is 1. The summed E-state index contributed by atoms with van der Waals surface area (Å²) in [4.78, 5) is 4.10. The Kier molecular flexibility index (Phi) is 3.39. The molecular formula is C18H25FN2. The lowest BCUT2D eigenvalue weighted by atomic mass is 9.50. The number of anilines is 1. The minimum atomic E-state index is -0.269. The van der Waals surface area contributed by atoms with Gasteiger partial charge in [0.15, 0.2) is 0 Å². The maximum absolute atomic E-state index is 12.9. The summed E-state index contributed by atoms with van der Waals surface area (Å²) < 4.78 is 12.9. The first kappa shape index (κ1) is 13.5. The van der Waals surface area contributed by atoms with E-state index >= 15 is 0 Å². The molecule has 21 heavy (non-hydrogen) atoms. The average molecular weight is 288 g/mol. The van der Waals surface area contributed by atoms with E-state index in [4.69, 9.17) is 0 Å². The summed E-state index contributed by atoms with van der Waals surface area (Å²) in [7, 11) is 0. The van der Waals surface area contributed by atoms with Crippen molar-refractivity contribution in [2.24, 2.45) is 35.5 Å². The molecule has 4 bridgehead atoms. The van der Waals surface area contributed by atoms with E-state index in [0.29, 0.717) is 5.92 Å². The Balaban J connectivity index is 1.39. The van der Waals surface area contributed by atoms with Crippen LogP contribution in [0.1, 0.15) is 39.0 Å². The Morgan fingerprint density at radius 3 is 2.38 bits per heavy atom. The highest BCUT2D eigenvalue weighted by Crippen LogP contribution is 2.58. The number of pyridine rings is 1. The van der Waals surface area contributed by atoms with Crippen LogP contribution in [0.25, 0.3) is 0 Å². The Morgan fingerprint density at radius 1 is 1.14 bits per heavy atom. The van der Waals surface area contributed by atoms with Gasteiger partial charge in [0.1, 0.15) is 11.6 Å². The van der Waals surface area contributed by atoms with Crippen LogP contribution >= 0.6 is 0 Å². The standard InChI is InChI=1S/C18H25FN2/c1-11(9-20-17-3-2-16(19)10-21-17)18-14-5-12-4-13(7-14)8-15(18)6-12/h2-3,10-15,18H,4-9H2,1H3,(H,20,21). The van der Waals surface area contributed by atoms with Crippen LogP contribution in [0.4, 0.5) is 10.2 Å². The molecule has 4 aliphatic rings. The number of nitrogens with zero attached hydrogens (tertiary/aromatic N) is 1. The van der Waals surface area contributed by atoms with Crippen LogP contribution in [-0.2, 0) is 0 Å². The normalized spacial score (nSPS) is 38.5. The van der Waals surface area contributed by atoms with Gasteiger partial charge in [-0.15, -0.1) is 0 Å². The number of rotatable bonds is 4. The van der Waals surface area contributed by atoms with Gasteiger partial charge < -0.3 is 5.32 Å². The molecule has 0 radical (unpaired) electrons. The van der Waals surface area contributed by atoms with E-state index in [9.17, 15) is 4.39 Å². The lowest BCUT2D eigenvalue weighted by molar-refractivity contribution is -0.0561.